The number of carbonyl (C=O) groups excluding carboxylic acids is 1. The zero-order chi connectivity index (χ0) is 10.3. The van der Waals surface area contributed by atoms with E-state index in [1.165, 1.54) is 6.08 Å². The topological polar surface area (TPSA) is 38.3 Å². The number of hydrogen-bond acceptors (Lipinski definition) is 3. The van der Waals surface area contributed by atoms with Gasteiger partial charge in [0.2, 0.25) is 0 Å². The van der Waals surface area contributed by atoms with E-state index in [1.54, 1.807) is 0 Å². The first kappa shape index (κ1) is 8.29. The molecule has 3 heteroatoms. The summed E-state index contributed by atoms with van der Waals surface area (Å²) in [6, 6.07) is 7.67. The summed E-state index contributed by atoms with van der Waals surface area (Å²) in [7, 11) is 0. The minimum absolute atomic E-state index is 0.0786. The molecule has 1 aliphatic carbocycles. The van der Waals surface area contributed by atoms with Crippen molar-refractivity contribution in [3.05, 3.63) is 47.9 Å². The van der Waals surface area contributed by atoms with Gasteiger partial charge in [0.15, 0.2) is 17.3 Å². The lowest BCUT2D eigenvalue weighted by atomic mass is 10.1. The molecule has 0 radical (unpaired) electrons. The molecule has 3 rings (SSSR count). The van der Waals surface area contributed by atoms with Gasteiger partial charge in [-0.1, -0.05) is 12.1 Å². The van der Waals surface area contributed by atoms with Gasteiger partial charge in [-0.05, 0) is 18.2 Å². The van der Waals surface area contributed by atoms with Crippen LogP contribution in [0.15, 0.2) is 47.9 Å². The van der Waals surface area contributed by atoms with Gasteiger partial charge in [-0.2, -0.15) is 0 Å². The SMILES string of the molecule is O=C1C=C2Oc3ccccc3NC2=CC1. The van der Waals surface area contributed by atoms with Crippen molar-refractivity contribution in [2.45, 2.75) is 6.42 Å². The Bertz CT molecular complexity index is 500. The number of benzene rings is 1. The first-order valence-electron chi connectivity index (χ1n) is 4.82. The van der Waals surface area contributed by atoms with Crippen LogP contribution < -0.4 is 10.1 Å². The molecule has 2 aliphatic rings. The molecule has 74 valence electrons. The van der Waals surface area contributed by atoms with Crippen LogP contribution in [0.25, 0.3) is 0 Å². The minimum atomic E-state index is 0.0786. The molecule has 0 fully saturated rings. The van der Waals surface area contributed by atoms with Crippen LogP contribution in [0, 0.1) is 0 Å². The fourth-order valence-electron chi connectivity index (χ4n) is 1.71. The van der Waals surface area contributed by atoms with E-state index in [9.17, 15) is 4.79 Å². The lowest BCUT2D eigenvalue weighted by Crippen LogP contribution is -2.18. The van der Waals surface area contributed by atoms with Gasteiger partial charge < -0.3 is 10.1 Å². The Labute approximate surface area is 87.1 Å². The highest BCUT2D eigenvalue weighted by molar-refractivity contribution is 5.94. The molecular weight excluding hydrogens is 190 g/mol. The molecule has 0 unspecified atom stereocenters. The summed E-state index contributed by atoms with van der Waals surface area (Å²) in [5.74, 6) is 1.45. The number of nitrogens with one attached hydrogen (secondary N) is 1. The smallest absolute Gasteiger partial charge is 0.163 e. The van der Waals surface area contributed by atoms with Crippen LogP contribution in [0.4, 0.5) is 5.69 Å². The van der Waals surface area contributed by atoms with Crippen LogP contribution in [-0.4, -0.2) is 5.78 Å². The first-order chi connectivity index (χ1) is 7.33. The van der Waals surface area contributed by atoms with Crippen LogP contribution >= 0.6 is 0 Å². The van der Waals surface area contributed by atoms with Crippen molar-refractivity contribution in [1.29, 1.82) is 0 Å². The Kier molecular flexibility index (Phi) is 1.65. The molecule has 0 spiro atoms. The number of ketones is 1. The molecule has 15 heavy (non-hydrogen) atoms. The number of allylic oxidation sites excluding steroid dienone is 2. The molecule has 1 N–H and O–H groups in total. The largest absolute Gasteiger partial charge is 0.453 e. The highest BCUT2D eigenvalue weighted by Gasteiger charge is 2.21. The Balaban J connectivity index is 2.07. The molecule has 0 saturated heterocycles. The molecule has 0 saturated carbocycles. The van der Waals surface area contributed by atoms with Crippen LogP contribution in [0.2, 0.25) is 0 Å². The predicted molar refractivity (Wildman–Crippen MR) is 56.5 cm³/mol. The third-order valence-electron chi connectivity index (χ3n) is 2.44. The summed E-state index contributed by atoms with van der Waals surface area (Å²) < 4.78 is 5.62. The van der Waals surface area contributed by atoms with Crippen molar-refractivity contribution in [1.82, 2.24) is 0 Å². The zero-order valence-electron chi connectivity index (χ0n) is 7.99. The number of para-hydroxylation sites is 2. The normalized spacial score (nSPS) is 17.7. The Morgan fingerprint density at radius 1 is 1.27 bits per heavy atom. The summed E-state index contributed by atoms with van der Waals surface area (Å²) in [5, 5.41) is 3.24. The Morgan fingerprint density at radius 3 is 3.07 bits per heavy atom. The molecule has 0 aromatic heterocycles. The average Bonchev–Trinajstić information content (AvgIpc) is 2.26. The van der Waals surface area contributed by atoms with Crippen molar-refractivity contribution in [2.24, 2.45) is 0 Å². The van der Waals surface area contributed by atoms with Crippen molar-refractivity contribution in [3.8, 4) is 5.75 Å². The van der Waals surface area contributed by atoms with E-state index in [2.05, 4.69) is 5.32 Å². The third kappa shape index (κ3) is 1.32. The maximum Gasteiger partial charge on any atom is 0.163 e. The van der Waals surface area contributed by atoms with Crippen LogP contribution in [0.5, 0.6) is 5.75 Å². The molecule has 0 bridgehead atoms. The Morgan fingerprint density at radius 2 is 2.13 bits per heavy atom. The highest BCUT2D eigenvalue weighted by Crippen LogP contribution is 2.35. The molecule has 1 aromatic rings. The number of fused-ring (bicyclic) bond motifs is 2. The number of rotatable bonds is 0. The van der Waals surface area contributed by atoms with Crippen LogP contribution in [0.3, 0.4) is 0 Å². The number of hydrogen-bond donors (Lipinski definition) is 1. The molecule has 3 nitrogen and oxygen atoms in total. The van der Waals surface area contributed by atoms with Gasteiger partial charge in [0.1, 0.15) is 0 Å². The maximum atomic E-state index is 11.2. The third-order valence-corrected chi connectivity index (χ3v) is 2.44. The molecule has 1 aromatic carbocycles. The minimum Gasteiger partial charge on any atom is -0.453 e. The van der Waals surface area contributed by atoms with Crippen molar-refractivity contribution in [2.75, 3.05) is 5.32 Å². The van der Waals surface area contributed by atoms with Gasteiger partial charge in [-0.25, -0.2) is 0 Å². The summed E-state index contributed by atoms with van der Waals surface area (Å²) in [5.41, 5.74) is 1.82. The number of anilines is 1. The van der Waals surface area contributed by atoms with Gasteiger partial charge in [-0.3, -0.25) is 4.79 Å². The first-order valence-corrected chi connectivity index (χ1v) is 4.82. The number of ether oxygens (including phenoxy) is 1. The monoisotopic (exact) mass is 199 g/mol. The van der Waals surface area contributed by atoms with Gasteiger partial charge in [0.25, 0.3) is 0 Å². The van der Waals surface area contributed by atoms with E-state index in [0.717, 1.165) is 17.1 Å². The highest BCUT2D eigenvalue weighted by atomic mass is 16.5. The zero-order valence-corrected chi connectivity index (χ0v) is 7.99. The molecule has 0 amide bonds. The summed E-state index contributed by atoms with van der Waals surface area (Å²) in [6.07, 6.45) is 3.84. The van der Waals surface area contributed by atoms with Crippen LogP contribution in [0.1, 0.15) is 6.42 Å². The van der Waals surface area contributed by atoms with E-state index in [0.29, 0.717) is 12.2 Å². The second-order valence-electron chi connectivity index (χ2n) is 3.52. The molecule has 0 atom stereocenters. The van der Waals surface area contributed by atoms with Gasteiger partial charge in [-0.15, -0.1) is 0 Å². The van der Waals surface area contributed by atoms with E-state index < -0.39 is 0 Å². The van der Waals surface area contributed by atoms with Crippen LogP contribution in [-0.2, 0) is 4.79 Å². The average molecular weight is 199 g/mol. The van der Waals surface area contributed by atoms with Gasteiger partial charge in [0.05, 0.1) is 11.4 Å². The Hall–Kier alpha value is -2.03. The second kappa shape index (κ2) is 2.98. The predicted octanol–water partition coefficient (Wildman–Crippen LogP) is 2.23. The number of carbonyl (C=O) groups is 1. The standard InChI is InChI=1S/C12H9NO2/c14-8-5-6-10-12(7-8)15-11-4-2-1-3-9(11)13-10/h1-4,6-7,13H,5H2. The fourth-order valence-corrected chi connectivity index (χ4v) is 1.71. The van der Waals surface area contributed by atoms with Crippen molar-refractivity contribution in [3.63, 3.8) is 0 Å². The quantitative estimate of drug-likeness (QED) is 0.696. The van der Waals surface area contributed by atoms with Crippen molar-refractivity contribution >= 4 is 11.5 Å². The van der Waals surface area contributed by atoms with E-state index in [4.69, 9.17) is 4.74 Å². The summed E-state index contributed by atoms with van der Waals surface area (Å²) >= 11 is 0. The van der Waals surface area contributed by atoms with E-state index in [-0.39, 0.29) is 5.78 Å². The van der Waals surface area contributed by atoms with Crippen molar-refractivity contribution < 1.29 is 9.53 Å². The second-order valence-corrected chi connectivity index (χ2v) is 3.52. The molecular formula is C12H9NO2. The molecule has 1 heterocycles. The summed E-state index contributed by atoms with van der Waals surface area (Å²) in [6.45, 7) is 0. The molecule has 1 aliphatic heterocycles. The van der Waals surface area contributed by atoms with E-state index >= 15 is 0 Å². The maximum absolute atomic E-state index is 11.2. The summed E-state index contributed by atoms with van der Waals surface area (Å²) in [4.78, 5) is 11.2. The lowest BCUT2D eigenvalue weighted by Gasteiger charge is -2.25. The lowest BCUT2D eigenvalue weighted by molar-refractivity contribution is -0.114. The van der Waals surface area contributed by atoms with Gasteiger partial charge in [0, 0.05) is 12.5 Å². The van der Waals surface area contributed by atoms with Gasteiger partial charge >= 0.3 is 0 Å². The van der Waals surface area contributed by atoms with E-state index in [1.807, 2.05) is 30.3 Å². The fraction of sp³-hybridized carbons (Fsp3) is 0.0833.